The van der Waals surface area contributed by atoms with Gasteiger partial charge < -0.3 is 4.74 Å². The molecule has 1 N–H and O–H groups in total. The number of sulfonamides is 1. The Bertz CT molecular complexity index is 823. The maximum atomic E-state index is 12.0. The smallest absolute Gasteiger partial charge is 0.233 e. The summed E-state index contributed by atoms with van der Waals surface area (Å²) in [6, 6.07) is 7.67. The summed E-state index contributed by atoms with van der Waals surface area (Å²) in [7, 11) is -3.46. The minimum Gasteiger partial charge on any atom is -0.376 e. The van der Waals surface area contributed by atoms with E-state index < -0.39 is 10.0 Å². The van der Waals surface area contributed by atoms with Crippen LogP contribution in [0.5, 0.6) is 0 Å². The van der Waals surface area contributed by atoms with E-state index in [1.807, 2.05) is 35.9 Å². The Morgan fingerprint density at radius 1 is 1.33 bits per heavy atom. The molecule has 0 atom stereocenters. The normalized spacial score (nSPS) is 14.9. The molecule has 0 fully saturated rings. The molecule has 24 heavy (non-hydrogen) atoms. The molecule has 0 unspecified atom stereocenters. The molecule has 1 aliphatic heterocycles. The van der Waals surface area contributed by atoms with Crippen LogP contribution in [-0.4, -0.2) is 31.3 Å². The van der Waals surface area contributed by atoms with Crippen LogP contribution >= 0.6 is 0 Å². The van der Waals surface area contributed by atoms with E-state index in [2.05, 4.69) is 9.82 Å². The number of rotatable bonds is 6. The Morgan fingerprint density at radius 2 is 2.12 bits per heavy atom. The zero-order valence-corrected chi connectivity index (χ0v) is 14.4. The number of hydrogen-bond acceptors (Lipinski definition) is 4. The average Bonchev–Trinajstić information content (AvgIpc) is 2.98. The maximum Gasteiger partial charge on any atom is 0.233 e. The third-order valence-electron chi connectivity index (χ3n) is 3.92. The number of aromatic nitrogens is 2. The van der Waals surface area contributed by atoms with Crippen molar-refractivity contribution in [2.24, 2.45) is 0 Å². The molecule has 1 aliphatic rings. The number of ether oxygens (including phenoxy) is 1. The Labute approximate surface area is 142 Å². The number of hydrogen-bond donors (Lipinski definition) is 1. The van der Waals surface area contributed by atoms with Crippen molar-refractivity contribution in [2.75, 3.05) is 13.2 Å². The summed E-state index contributed by atoms with van der Waals surface area (Å²) < 4.78 is 33.9. The summed E-state index contributed by atoms with van der Waals surface area (Å²) in [5.74, 6) is 0. The number of nitrogens with one attached hydrogen (secondary N) is 1. The highest BCUT2D eigenvalue weighted by Crippen LogP contribution is 2.15. The van der Waals surface area contributed by atoms with Crippen LogP contribution in [0.3, 0.4) is 0 Å². The van der Waals surface area contributed by atoms with Gasteiger partial charge in [0.25, 0.3) is 0 Å². The summed E-state index contributed by atoms with van der Waals surface area (Å²) in [6.45, 7) is 4.07. The molecule has 128 valence electrons. The third kappa shape index (κ3) is 4.31. The van der Waals surface area contributed by atoms with E-state index in [0.717, 1.165) is 28.8 Å². The summed E-state index contributed by atoms with van der Waals surface area (Å²) in [5, 5.41) is 5.50. The molecule has 0 saturated carbocycles. The van der Waals surface area contributed by atoms with Gasteiger partial charge in [0.2, 0.25) is 10.0 Å². The number of nitrogens with zero attached hydrogens (tertiary/aromatic N) is 2. The van der Waals surface area contributed by atoms with Crippen molar-refractivity contribution in [3.8, 4) is 0 Å². The van der Waals surface area contributed by atoms with E-state index in [-0.39, 0.29) is 0 Å². The van der Waals surface area contributed by atoms with Crippen LogP contribution < -0.4 is 4.72 Å². The van der Waals surface area contributed by atoms with E-state index in [1.54, 1.807) is 12.3 Å². The van der Waals surface area contributed by atoms with Gasteiger partial charge in [-0.1, -0.05) is 29.8 Å². The highest BCUT2D eigenvalue weighted by molar-refractivity contribution is 7.92. The second-order valence-electron chi connectivity index (χ2n) is 5.80. The second-order valence-corrected chi connectivity index (χ2v) is 7.45. The molecule has 6 nitrogen and oxygen atoms in total. The molecule has 0 bridgehead atoms. The van der Waals surface area contributed by atoms with Crippen molar-refractivity contribution in [1.29, 1.82) is 0 Å². The standard InChI is InChI=1S/C17H21N3O3S/c1-14-2-4-15(5-3-14)7-11-24(21,22)19-8-9-20-17-6-10-23-13-16(17)12-18-20/h2-5,7,11-12,19H,6,8-10,13H2,1H3/b11-7+. The van der Waals surface area contributed by atoms with Crippen LogP contribution in [0, 0.1) is 6.92 Å². The SMILES string of the molecule is Cc1ccc(/C=C/S(=O)(=O)NCCn2ncc3c2CCOC3)cc1. The van der Waals surface area contributed by atoms with Crippen molar-refractivity contribution in [3.63, 3.8) is 0 Å². The zero-order chi connectivity index (χ0) is 17.0. The van der Waals surface area contributed by atoms with Gasteiger partial charge in [-0.25, -0.2) is 13.1 Å². The minimum atomic E-state index is -3.46. The molecule has 1 aromatic carbocycles. The summed E-state index contributed by atoms with van der Waals surface area (Å²) in [4.78, 5) is 0. The fourth-order valence-corrected chi connectivity index (χ4v) is 3.40. The molecule has 0 aliphatic carbocycles. The molecule has 0 radical (unpaired) electrons. The van der Waals surface area contributed by atoms with Crippen molar-refractivity contribution in [3.05, 3.63) is 58.3 Å². The molecule has 3 rings (SSSR count). The maximum absolute atomic E-state index is 12.0. The van der Waals surface area contributed by atoms with Crippen molar-refractivity contribution < 1.29 is 13.2 Å². The van der Waals surface area contributed by atoms with Gasteiger partial charge in [0.05, 0.1) is 26.0 Å². The van der Waals surface area contributed by atoms with E-state index >= 15 is 0 Å². The highest BCUT2D eigenvalue weighted by Gasteiger charge is 2.15. The molecular weight excluding hydrogens is 326 g/mol. The quantitative estimate of drug-likeness (QED) is 0.866. The lowest BCUT2D eigenvalue weighted by Crippen LogP contribution is -2.27. The highest BCUT2D eigenvalue weighted by atomic mass is 32.2. The molecular formula is C17H21N3O3S. The van der Waals surface area contributed by atoms with Crippen LogP contribution in [0.2, 0.25) is 0 Å². The molecule has 2 aromatic rings. The lowest BCUT2D eigenvalue weighted by molar-refractivity contribution is 0.109. The van der Waals surface area contributed by atoms with Gasteiger partial charge in [0, 0.05) is 29.6 Å². The van der Waals surface area contributed by atoms with Gasteiger partial charge in [-0.15, -0.1) is 0 Å². The lowest BCUT2D eigenvalue weighted by Gasteiger charge is -2.14. The number of fused-ring (bicyclic) bond motifs is 1. The van der Waals surface area contributed by atoms with Gasteiger partial charge in [-0.3, -0.25) is 4.68 Å². The molecule has 0 amide bonds. The van der Waals surface area contributed by atoms with Crippen LogP contribution in [0.4, 0.5) is 0 Å². The first-order chi connectivity index (χ1) is 11.5. The fourth-order valence-electron chi connectivity index (χ4n) is 2.59. The van der Waals surface area contributed by atoms with Gasteiger partial charge in [0.15, 0.2) is 0 Å². The zero-order valence-electron chi connectivity index (χ0n) is 13.6. The Kier molecular flexibility index (Phi) is 5.13. The van der Waals surface area contributed by atoms with Gasteiger partial charge >= 0.3 is 0 Å². The topological polar surface area (TPSA) is 73.2 Å². The summed E-state index contributed by atoms with van der Waals surface area (Å²) in [5.41, 5.74) is 4.22. The Morgan fingerprint density at radius 3 is 2.92 bits per heavy atom. The van der Waals surface area contributed by atoms with Crippen molar-refractivity contribution >= 4 is 16.1 Å². The average molecular weight is 347 g/mol. The van der Waals surface area contributed by atoms with E-state index in [0.29, 0.717) is 26.3 Å². The largest absolute Gasteiger partial charge is 0.376 e. The van der Waals surface area contributed by atoms with Crippen LogP contribution in [0.25, 0.3) is 6.08 Å². The van der Waals surface area contributed by atoms with Gasteiger partial charge in [0.1, 0.15) is 0 Å². The van der Waals surface area contributed by atoms with E-state index in [1.165, 1.54) is 5.41 Å². The second kappa shape index (κ2) is 7.29. The predicted molar refractivity (Wildman–Crippen MR) is 92.7 cm³/mol. The molecule has 1 aromatic heterocycles. The van der Waals surface area contributed by atoms with Gasteiger partial charge in [-0.2, -0.15) is 5.10 Å². The number of benzene rings is 1. The van der Waals surface area contributed by atoms with Crippen molar-refractivity contribution in [1.82, 2.24) is 14.5 Å². The molecule has 2 heterocycles. The molecule has 7 heteroatoms. The predicted octanol–water partition coefficient (Wildman–Crippen LogP) is 1.85. The van der Waals surface area contributed by atoms with E-state index in [9.17, 15) is 8.42 Å². The summed E-state index contributed by atoms with van der Waals surface area (Å²) in [6.07, 6.45) is 4.20. The number of aryl methyl sites for hydroxylation is 1. The first-order valence-electron chi connectivity index (χ1n) is 7.89. The monoisotopic (exact) mass is 347 g/mol. The fraction of sp³-hybridized carbons (Fsp3) is 0.353. The summed E-state index contributed by atoms with van der Waals surface area (Å²) >= 11 is 0. The first kappa shape index (κ1) is 16.9. The third-order valence-corrected chi connectivity index (χ3v) is 5.02. The Balaban J connectivity index is 1.55. The van der Waals surface area contributed by atoms with Crippen LogP contribution in [0.1, 0.15) is 22.4 Å². The Hall–Kier alpha value is -1.96. The van der Waals surface area contributed by atoms with E-state index in [4.69, 9.17) is 4.74 Å². The van der Waals surface area contributed by atoms with Crippen molar-refractivity contribution in [2.45, 2.75) is 26.5 Å². The lowest BCUT2D eigenvalue weighted by atomic mass is 10.2. The first-order valence-corrected chi connectivity index (χ1v) is 9.44. The van der Waals surface area contributed by atoms with Crippen LogP contribution in [0.15, 0.2) is 35.9 Å². The minimum absolute atomic E-state index is 0.301. The van der Waals surface area contributed by atoms with Gasteiger partial charge in [-0.05, 0) is 18.6 Å². The molecule has 0 spiro atoms. The molecule has 0 saturated heterocycles. The van der Waals surface area contributed by atoms with Crippen LogP contribution in [-0.2, 0) is 34.3 Å².